The van der Waals surface area contributed by atoms with Crippen LogP contribution in [0.5, 0.6) is 0 Å². The number of fused-ring (bicyclic) bond motifs is 1. The average molecular weight is 507 g/mol. The van der Waals surface area contributed by atoms with E-state index in [1.165, 1.54) is 20.8 Å². The molecule has 0 atom stereocenters. The summed E-state index contributed by atoms with van der Waals surface area (Å²) in [6.07, 6.45) is -2.23. The quantitative estimate of drug-likeness (QED) is 0.220. The van der Waals surface area contributed by atoms with Crippen molar-refractivity contribution in [2.45, 2.75) is 70.6 Å². The van der Waals surface area contributed by atoms with Gasteiger partial charge in [0, 0.05) is 36.5 Å². The van der Waals surface area contributed by atoms with Gasteiger partial charge >= 0.3 is 0 Å². The highest BCUT2D eigenvalue weighted by atomic mass is 19.3. The van der Waals surface area contributed by atoms with Gasteiger partial charge in [0.15, 0.2) is 0 Å². The Hall–Kier alpha value is -3.50. The van der Waals surface area contributed by atoms with E-state index >= 15 is 0 Å². The van der Waals surface area contributed by atoms with Crippen LogP contribution >= 0.6 is 0 Å². The van der Waals surface area contributed by atoms with Crippen LogP contribution in [0.1, 0.15) is 77.2 Å². The van der Waals surface area contributed by atoms with Crippen molar-refractivity contribution in [2.24, 2.45) is 0 Å². The maximum Gasteiger partial charge on any atom is 0.294 e. The largest absolute Gasteiger partial charge is 0.341 e. The second-order valence-corrected chi connectivity index (χ2v) is 9.80. The summed E-state index contributed by atoms with van der Waals surface area (Å²) >= 11 is 0. The standard InChI is InChI=1S/C25H26F4N4O3/c1-12-18(22(35)31-14-6-7-16(26)15(9-14)21(27)28)17-5-4-8-33(17)19(12)20(34)23(36)32-25(13(2)30)10-24(3,29)11-25/h6-7,9,21,30H,4-5,8,10-11H2,1-3H3,(H,31,35)(H,32,36). The third kappa shape index (κ3) is 4.31. The minimum absolute atomic E-state index is 0.0117. The van der Waals surface area contributed by atoms with Gasteiger partial charge in [-0.25, -0.2) is 17.6 Å². The Morgan fingerprint density at radius 1 is 1.19 bits per heavy atom. The van der Waals surface area contributed by atoms with E-state index in [0.717, 1.165) is 18.2 Å². The molecular weight excluding hydrogens is 480 g/mol. The van der Waals surface area contributed by atoms with Gasteiger partial charge < -0.3 is 20.6 Å². The van der Waals surface area contributed by atoms with Crippen LogP contribution in [-0.4, -0.2) is 39.1 Å². The zero-order valence-electron chi connectivity index (χ0n) is 20.0. The Balaban J connectivity index is 1.62. The van der Waals surface area contributed by atoms with E-state index in [-0.39, 0.29) is 41.1 Å². The van der Waals surface area contributed by atoms with E-state index in [0.29, 0.717) is 25.1 Å². The SMILES string of the molecule is CC(=N)C1(NC(=O)C(=O)c2c(C)c(C(=O)Nc3ccc(F)c(C(F)F)c3)c3n2CCC3)CC(C)(F)C1. The number of aromatic nitrogens is 1. The van der Waals surface area contributed by atoms with Gasteiger partial charge in [-0.2, -0.15) is 0 Å². The smallest absolute Gasteiger partial charge is 0.294 e. The molecule has 11 heteroatoms. The van der Waals surface area contributed by atoms with Crippen molar-refractivity contribution in [3.63, 3.8) is 0 Å². The number of hydrogen-bond donors (Lipinski definition) is 3. The number of rotatable bonds is 7. The molecule has 192 valence electrons. The Bertz CT molecular complexity index is 1290. The Morgan fingerprint density at radius 3 is 2.44 bits per heavy atom. The van der Waals surface area contributed by atoms with Crippen LogP contribution in [0, 0.1) is 18.2 Å². The number of nitrogens with one attached hydrogen (secondary N) is 3. The molecule has 36 heavy (non-hydrogen) atoms. The molecule has 0 spiro atoms. The van der Waals surface area contributed by atoms with Crippen LogP contribution in [0.25, 0.3) is 0 Å². The van der Waals surface area contributed by atoms with Gasteiger partial charge in [0.2, 0.25) is 0 Å². The number of benzene rings is 1. The van der Waals surface area contributed by atoms with Gasteiger partial charge in [0.25, 0.3) is 24.0 Å². The number of ketones is 1. The van der Waals surface area contributed by atoms with E-state index in [1.807, 2.05) is 0 Å². The number of Topliss-reactive ketones (excluding diaryl/α,β-unsaturated/α-hetero) is 1. The molecule has 0 saturated heterocycles. The lowest BCUT2D eigenvalue weighted by atomic mass is 9.64. The van der Waals surface area contributed by atoms with Crippen LogP contribution in [0.4, 0.5) is 23.2 Å². The van der Waals surface area contributed by atoms with Crippen molar-refractivity contribution in [1.82, 2.24) is 9.88 Å². The van der Waals surface area contributed by atoms with Gasteiger partial charge in [0.1, 0.15) is 11.5 Å². The third-order valence-electron chi connectivity index (χ3n) is 6.96. The number of anilines is 1. The molecule has 0 bridgehead atoms. The van der Waals surface area contributed by atoms with Gasteiger partial charge in [-0.15, -0.1) is 0 Å². The van der Waals surface area contributed by atoms with E-state index in [1.54, 1.807) is 4.57 Å². The molecule has 7 nitrogen and oxygen atoms in total. The molecule has 0 radical (unpaired) electrons. The topological polar surface area (TPSA) is 104 Å². The summed E-state index contributed by atoms with van der Waals surface area (Å²) in [4.78, 5) is 39.3. The molecule has 2 aromatic rings. The molecule has 1 aromatic carbocycles. The van der Waals surface area contributed by atoms with Crippen molar-refractivity contribution in [2.75, 3.05) is 5.32 Å². The number of carbonyl (C=O) groups excluding carboxylic acids is 3. The van der Waals surface area contributed by atoms with Crippen molar-refractivity contribution in [3.05, 3.63) is 52.1 Å². The fraction of sp³-hybridized carbons (Fsp3) is 0.440. The maximum absolute atomic E-state index is 14.2. The predicted molar refractivity (Wildman–Crippen MR) is 124 cm³/mol. The first-order valence-electron chi connectivity index (χ1n) is 11.5. The summed E-state index contributed by atoms with van der Waals surface area (Å²) in [7, 11) is 0. The number of halogens is 4. The van der Waals surface area contributed by atoms with E-state index < -0.39 is 46.6 Å². The number of carbonyl (C=O) groups is 3. The highest BCUT2D eigenvalue weighted by Crippen LogP contribution is 2.45. The summed E-state index contributed by atoms with van der Waals surface area (Å²) in [6.45, 7) is 4.71. The van der Waals surface area contributed by atoms with Gasteiger partial charge in [-0.3, -0.25) is 14.4 Å². The molecule has 2 amide bonds. The molecule has 1 aliphatic carbocycles. The fourth-order valence-corrected chi connectivity index (χ4v) is 5.33. The lowest BCUT2D eigenvalue weighted by Gasteiger charge is -2.50. The molecule has 1 aromatic heterocycles. The van der Waals surface area contributed by atoms with E-state index in [4.69, 9.17) is 5.41 Å². The molecule has 3 N–H and O–H groups in total. The first kappa shape index (κ1) is 25.6. The Labute approximate surface area is 204 Å². The van der Waals surface area contributed by atoms with Crippen molar-refractivity contribution in [3.8, 4) is 0 Å². The van der Waals surface area contributed by atoms with Crippen molar-refractivity contribution in [1.29, 1.82) is 5.41 Å². The maximum atomic E-state index is 14.2. The normalized spacial score (nSPS) is 22.7. The van der Waals surface area contributed by atoms with Crippen LogP contribution < -0.4 is 10.6 Å². The number of hydrogen-bond acceptors (Lipinski definition) is 4. The first-order valence-corrected chi connectivity index (χ1v) is 11.5. The molecule has 2 aliphatic rings. The van der Waals surface area contributed by atoms with Crippen LogP contribution in [-0.2, 0) is 17.8 Å². The molecule has 1 fully saturated rings. The lowest BCUT2D eigenvalue weighted by molar-refractivity contribution is -0.120. The Morgan fingerprint density at radius 2 is 1.86 bits per heavy atom. The first-order chi connectivity index (χ1) is 16.8. The van der Waals surface area contributed by atoms with Gasteiger partial charge in [-0.05, 0) is 57.4 Å². The fourth-order valence-electron chi connectivity index (χ4n) is 5.33. The van der Waals surface area contributed by atoms with Gasteiger partial charge in [0.05, 0.1) is 22.4 Å². The second-order valence-electron chi connectivity index (χ2n) is 9.80. The Kier molecular flexibility index (Phi) is 6.30. The predicted octanol–water partition coefficient (Wildman–Crippen LogP) is 4.67. The molecule has 1 aliphatic heterocycles. The number of alkyl halides is 3. The van der Waals surface area contributed by atoms with Crippen LogP contribution in [0.3, 0.4) is 0 Å². The zero-order valence-corrected chi connectivity index (χ0v) is 20.0. The zero-order chi connectivity index (χ0) is 26.6. The third-order valence-corrected chi connectivity index (χ3v) is 6.96. The van der Waals surface area contributed by atoms with Crippen LogP contribution in [0.15, 0.2) is 18.2 Å². The van der Waals surface area contributed by atoms with E-state index in [2.05, 4.69) is 10.6 Å². The van der Waals surface area contributed by atoms with Crippen molar-refractivity contribution >= 4 is 29.0 Å². The van der Waals surface area contributed by atoms with Gasteiger partial charge in [-0.1, -0.05) is 0 Å². The summed E-state index contributed by atoms with van der Waals surface area (Å²) in [5.74, 6) is -3.69. The van der Waals surface area contributed by atoms with Crippen LogP contribution in [0.2, 0.25) is 0 Å². The lowest BCUT2D eigenvalue weighted by Crippen LogP contribution is -2.67. The highest BCUT2D eigenvalue weighted by molar-refractivity contribution is 6.43. The number of nitrogens with zero attached hydrogens (tertiary/aromatic N) is 1. The highest BCUT2D eigenvalue weighted by Gasteiger charge is 2.55. The molecule has 1 saturated carbocycles. The minimum Gasteiger partial charge on any atom is -0.341 e. The molecule has 0 unspecified atom stereocenters. The molecular formula is C25H26F4N4O3. The summed E-state index contributed by atoms with van der Waals surface area (Å²) in [6, 6.07) is 2.83. The minimum atomic E-state index is -3.07. The average Bonchev–Trinajstić information content (AvgIpc) is 3.32. The summed E-state index contributed by atoms with van der Waals surface area (Å²) in [5, 5.41) is 13.0. The molecule has 4 rings (SSSR count). The number of amides is 2. The monoisotopic (exact) mass is 506 g/mol. The molecule has 2 heterocycles. The summed E-state index contributed by atoms with van der Waals surface area (Å²) < 4.78 is 55.5. The van der Waals surface area contributed by atoms with E-state index in [9.17, 15) is 31.9 Å². The van der Waals surface area contributed by atoms with Crippen molar-refractivity contribution < 1.29 is 31.9 Å². The second kappa shape index (κ2) is 8.86. The summed E-state index contributed by atoms with van der Waals surface area (Å²) in [5.41, 5.74) is -2.73.